The quantitative estimate of drug-likeness (QED) is 0.865. The number of nitriles is 1. The zero-order valence-electron chi connectivity index (χ0n) is 16.5. The van der Waals surface area contributed by atoms with Crippen molar-refractivity contribution < 1.29 is 19.5 Å². The molecule has 1 N–H and O–H groups in total. The maximum Gasteiger partial charge on any atom is 0.326 e. The third-order valence-electron chi connectivity index (χ3n) is 5.74. The van der Waals surface area contributed by atoms with Crippen LogP contribution in [-0.4, -0.2) is 33.7 Å². The molecule has 1 aliphatic heterocycles. The Bertz CT molecular complexity index is 832. The summed E-state index contributed by atoms with van der Waals surface area (Å²) < 4.78 is 0. The first-order valence-corrected chi connectivity index (χ1v) is 9.71. The van der Waals surface area contributed by atoms with Gasteiger partial charge in [0.05, 0.1) is 17.7 Å². The number of amides is 1. The number of rotatable bonds is 3. The first-order valence-electron chi connectivity index (χ1n) is 9.71. The number of aliphatic carboxylic acids is 1. The van der Waals surface area contributed by atoms with Gasteiger partial charge in [-0.15, -0.1) is 0 Å². The topological polar surface area (TPSA) is 98.5 Å². The predicted molar refractivity (Wildman–Crippen MR) is 102 cm³/mol. The van der Waals surface area contributed by atoms with E-state index in [4.69, 9.17) is 5.26 Å². The zero-order valence-corrected chi connectivity index (χ0v) is 16.5. The van der Waals surface area contributed by atoms with E-state index in [0.717, 1.165) is 5.56 Å². The van der Waals surface area contributed by atoms with Gasteiger partial charge in [-0.2, -0.15) is 5.26 Å². The molecule has 0 radical (unpaired) electrons. The van der Waals surface area contributed by atoms with E-state index in [1.54, 1.807) is 24.3 Å². The SMILES string of the molecule is CC(C)(C)CC(=O)N1C(C(=O)O)C2CCCC(=O)C2C1c1ccc(C#N)cc1. The molecule has 4 atom stereocenters. The summed E-state index contributed by atoms with van der Waals surface area (Å²) in [6.07, 6.45) is 1.91. The Kier molecular flexibility index (Phi) is 5.29. The smallest absolute Gasteiger partial charge is 0.326 e. The number of hydrogen-bond donors (Lipinski definition) is 1. The second-order valence-corrected chi connectivity index (χ2v) is 9.05. The molecule has 1 aromatic rings. The van der Waals surface area contributed by atoms with Crippen molar-refractivity contribution in [2.75, 3.05) is 0 Å². The minimum Gasteiger partial charge on any atom is -0.480 e. The van der Waals surface area contributed by atoms with E-state index in [1.807, 2.05) is 20.8 Å². The average molecular weight is 382 g/mol. The summed E-state index contributed by atoms with van der Waals surface area (Å²) >= 11 is 0. The molecule has 1 saturated heterocycles. The summed E-state index contributed by atoms with van der Waals surface area (Å²) in [6, 6.07) is 7.25. The number of Topliss-reactive ketones (excluding diaryl/α,β-unsaturated/α-hetero) is 1. The van der Waals surface area contributed by atoms with Crippen LogP contribution >= 0.6 is 0 Å². The van der Waals surface area contributed by atoms with Crippen LogP contribution in [-0.2, 0) is 14.4 Å². The molecule has 4 unspecified atom stereocenters. The van der Waals surface area contributed by atoms with Gasteiger partial charge < -0.3 is 10.0 Å². The van der Waals surface area contributed by atoms with Crippen LogP contribution in [0.3, 0.4) is 0 Å². The molecule has 1 saturated carbocycles. The molecule has 1 aromatic carbocycles. The number of carbonyl (C=O) groups is 3. The van der Waals surface area contributed by atoms with Gasteiger partial charge in [0.25, 0.3) is 0 Å². The maximum atomic E-state index is 13.2. The lowest BCUT2D eigenvalue weighted by Crippen LogP contribution is -2.45. The minimum absolute atomic E-state index is 0.0305. The predicted octanol–water partition coefficient (Wildman–Crippen LogP) is 3.32. The normalized spacial score (nSPS) is 27.2. The molecule has 148 valence electrons. The largest absolute Gasteiger partial charge is 0.480 e. The highest BCUT2D eigenvalue weighted by molar-refractivity contribution is 5.91. The van der Waals surface area contributed by atoms with Gasteiger partial charge in [0.15, 0.2) is 0 Å². The fourth-order valence-electron chi connectivity index (χ4n) is 4.69. The van der Waals surface area contributed by atoms with Crippen LogP contribution in [0.2, 0.25) is 0 Å². The number of likely N-dealkylation sites (tertiary alicyclic amines) is 1. The van der Waals surface area contributed by atoms with Crippen LogP contribution in [0.1, 0.15) is 63.6 Å². The van der Waals surface area contributed by atoms with Crippen molar-refractivity contribution in [1.82, 2.24) is 4.90 Å². The van der Waals surface area contributed by atoms with Gasteiger partial charge in [0, 0.05) is 24.7 Å². The van der Waals surface area contributed by atoms with Crippen molar-refractivity contribution in [3.05, 3.63) is 35.4 Å². The van der Waals surface area contributed by atoms with Gasteiger partial charge in [-0.1, -0.05) is 32.9 Å². The molecule has 0 bridgehead atoms. The first kappa shape index (κ1) is 20.1. The molecule has 6 nitrogen and oxygen atoms in total. The molecule has 28 heavy (non-hydrogen) atoms. The van der Waals surface area contributed by atoms with Crippen molar-refractivity contribution in [3.63, 3.8) is 0 Å². The Morgan fingerprint density at radius 2 is 1.89 bits per heavy atom. The number of fused-ring (bicyclic) bond motifs is 1. The van der Waals surface area contributed by atoms with Gasteiger partial charge in [0.1, 0.15) is 11.8 Å². The van der Waals surface area contributed by atoms with Gasteiger partial charge in [-0.25, -0.2) is 4.79 Å². The number of benzene rings is 1. The van der Waals surface area contributed by atoms with E-state index in [0.29, 0.717) is 24.8 Å². The van der Waals surface area contributed by atoms with E-state index in [2.05, 4.69) is 6.07 Å². The number of ketones is 1. The molecule has 1 heterocycles. The second kappa shape index (κ2) is 7.38. The zero-order chi connectivity index (χ0) is 20.6. The average Bonchev–Trinajstić information content (AvgIpc) is 2.97. The van der Waals surface area contributed by atoms with E-state index >= 15 is 0 Å². The number of carbonyl (C=O) groups excluding carboxylic acids is 2. The molecule has 0 aromatic heterocycles. The summed E-state index contributed by atoms with van der Waals surface area (Å²) in [6.45, 7) is 5.81. The number of carboxylic acid groups (broad SMARTS) is 1. The van der Waals surface area contributed by atoms with Crippen LogP contribution in [0.25, 0.3) is 0 Å². The highest BCUT2D eigenvalue weighted by atomic mass is 16.4. The highest BCUT2D eigenvalue weighted by Gasteiger charge is 2.57. The Morgan fingerprint density at radius 1 is 1.25 bits per heavy atom. The summed E-state index contributed by atoms with van der Waals surface area (Å²) in [4.78, 5) is 39.7. The lowest BCUT2D eigenvalue weighted by molar-refractivity contribution is -0.152. The molecule has 3 rings (SSSR count). The summed E-state index contributed by atoms with van der Waals surface area (Å²) in [5.74, 6) is -2.14. The molecule has 6 heteroatoms. The minimum atomic E-state index is -1.05. The van der Waals surface area contributed by atoms with Crippen LogP contribution in [0.5, 0.6) is 0 Å². The van der Waals surface area contributed by atoms with Crippen molar-refractivity contribution in [3.8, 4) is 6.07 Å². The number of hydrogen-bond acceptors (Lipinski definition) is 4. The molecule has 1 amide bonds. The molecule has 2 fully saturated rings. The lowest BCUT2D eigenvalue weighted by Gasteiger charge is -2.32. The van der Waals surface area contributed by atoms with Crippen molar-refractivity contribution in [2.45, 2.75) is 58.5 Å². The maximum absolute atomic E-state index is 13.2. The Morgan fingerprint density at radius 3 is 2.43 bits per heavy atom. The van der Waals surface area contributed by atoms with E-state index in [9.17, 15) is 19.5 Å². The monoisotopic (exact) mass is 382 g/mol. The molecule has 0 spiro atoms. The van der Waals surface area contributed by atoms with Gasteiger partial charge in [-0.05, 0) is 36.0 Å². The molecular formula is C22H26N2O4. The van der Waals surface area contributed by atoms with Gasteiger partial charge in [-0.3, -0.25) is 9.59 Å². The molecule has 2 aliphatic rings. The van der Waals surface area contributed by atoms with Crippen LogP contribution < -0.4 is 0 Å². The first-order chi connectivity index (χ1) is 13.1. The van der Waals surface area contributed by atoms with Crippen LogP contribution in [0.4, 0.5) is 0 Å². The van der Waals surface area contributed by atoms with Crippen LogP contribution in [0.15, 0.2) is 24.3 Å². The molecule has 1 aliphatic carbocycles. The van der Waals surface area contributed by atoms with E-state index < -0.39 is 24.0 Å². The Labute approximate surface area is 165 Å². The third kappa shape index (κ3) is 3.66. The fraction of sp³-hybridized carbons (Fsp3) is 0.545. The third-order valence-corrected chi connectivity index (χ3v) is 5.74. The van der Waals surface area contributed by atoms with Crippen molar-refractivity contribution in [1.29, 1.82) is 5.26 Å². The van der Waals surface area contributed by atoms with Crippen molar-refractivity contribution in [2.24, 2.45) is 17.3 Å². The van der Waals surface area contributed by atoms with Gasteiger partial charge >= 0.3 is 5.97 Å². The number of carboxylic acids is 1. The standard InChI is InChI=1S/C22H26N2O4/c1-22(2,3)11-17(26)24-19(14-9-7-13(12-23)8-10-14)18-15(20(24)21(27)28)5-4-6-16(18)25/h7-10,15,18-20H,4-6,11H2,1-3H3,(H,27,28). The lowest BCUT2D eigenvalue weighted by atomic mass is 9.74. The molecular weight excluding hydrogens is 356 g/mol. The van der Waals surface area contributed by atoms with Crippen LogP contribution in [0, 0.1) is 28.6 Å². The van der Waals surface area contributed by atoms with Gasteiger partial charge in [0.2, 0.25) is 5.91 Å². The summed E-state index contributed by atoms with van der Waals surface area (Å²) in [5.41, 5.74) is 0.901. The Balaban J connectivity index is 2.11. The fourth-order valence-corrected chi connectivity index (χ4v) is 4.69. The second-order valence-electron chi connectivity index (χ2n) is 9.05. The van der Waals surface area contributed by atoms with E-state index in [1.165, 1.54) is 4.90 Å². The number of nitrogens with zero attached hydrogens (tertiary/aromatic N) is 2. The highest BCUT2D eigenvalue weighted by Crippen LogP contribution is 2.50. The Hall–Kier alpha value is -2.68. The summed E-state index contributed by atoms with van der Waals surface area (Å²) in [5, 5.41) is 19.0. The van der Waals surface area contributed by atoms with E-state index in [-0.39, 0.29) is 29.4 Å². The van der Waals surface area contributed by atoms with Crippen molar-refractivity contribution >= 4 is 17.7 Å². The summed E-state index contributed by atoms with van der Waals surface area (Å²) in [7, 11) is 0.